The van der Waals surface area contributed by atoms with Gasteiger partial charge in [0.1, 0.15) is 11.6 Å². The SMILES string of the molecule is CC(=O)Nc1cc(Nc2ccnc(C(C)(F)F)n2)c(OC2CC2)cn1. The summed E-state index contributed by atoms with van der Waals surface area (Å²) in [4.78, 5) is 22.7. The van der Waals surface area contributed by atoms with Gasteiger partial charge in [0.05, 0.1) is 18.0 Å². The molecule has 0 aromatic carbocycles. The Hall–Kier alpha value is -2.84. The molecule has 2 aromatic heterocycles. The van der Waals surface area contributed by atoms with Crippen LogP contribution in [0.25, 0.3) is 0 Å². The largest absolute Gasteiger partial charge is 0.487 e. The smallest absolute Gasteiger partial charge is 0.303 e. The Morgan fingerprint density at radius 1 is 1.32 bits per heavy atom. The standard InChI is InChI=1S/C16H17F2N5O2/c1-9(24)21-14-7-11(12(8-20-14)25-10-3-4-10)22-13-5-6-19-15(23-13)16(2,17)18/h5-8,10H,3-4H2,1-2H3,(H2,19,20,21,22,23,24). The zero-order chi connectivity index (χ0) is 18.0. The lowest BCUT2D eigenvalue weighted by molar-refractivity contribution is -0.114. The van der Waals surface area contributed by atoms with Crippen LogP contribution in [0.2, 0.25) is 0 Å². The van der Waals surface area contributed by atoms with Crippen molar-refractivity contribution in [3.8, 4) is 5.75 Å². The summed E-state index contributed by atoms with van der Waals surface area (Å²) >= 11 is 0. The summed E-state index contributed by atoms with van der Waals surface area (Å²) in [6, 6.07) is 3.03. The van der Waals surface area contributed by atoms with Crippen LogP contribution in [0.15, 0.2) is 24.5 Å². The molecule has 0 radical (unpaired) electrons. The molecule has 25 heavy (non-hydrogen) atoms. The third-order valence-corrected chi connectivity index (χ3v) is 3.30. The number of pyridine rings is 1. The van der Waals surface area contributed by atoms with E-state index in [0.717, 1.165) is 19.8 Å². The predicted octanol–water partition coefficient (Wildman–Crippen LogP) is 3.23. The van der Waals surface area contributed by atoms with E-state index >= 15 is 0 Å². The summed E-state index contributed by atoms with van der Waals surface area (Å²) in [7, 11) is 0. The van der Waals surface area contributed by atoms with Crippen LogP contribution < -0.4 is 15.4 Å². The van der Waals surface area contributed by atoms with Crippen LogP contribution in [0.5, 0.6) is 5.75 Å². The van der Waals surface area contributed by atoms with Gasteiger partial charge in [0.15, 0.2) is 5.75 Å². The van der Waals surface area contributed by atoms with Gasteiger partial charge in [-0.1, -0.05) is 0 Å². The van der Waals surface area contributed by atoms with Crippen LogP contribution in [-0.4, -0.2) is 27.0 Å². The first-order valence-electron chi connectivity index (χ1n) is 7.74. The van der Waals surface area contributed by atoms with Crippen molar-refractivity contribution in [3.05, 3.63) is 30.4 Å². The second kappa shape index (κ2) is 6.58. The van der Waals surface area contributed by atoms with E-state index in [1.165, 1.54) is 25.4 Å². The Balaban J connectivity index is 1.89. The second-order valence-electron chi connectivity index (χ2n) is 5.84. The molecule has 2 aromatic rings. The number of ether oxygens (including phenoxy) is 1. The number of hydrogen-bond acceptors (Lipinski definition) is 6. The van der Waals surface area contributed by atoms with Gasteiger partial charge in [0.2, 0.25) is 11.7 Å². The summed E-state index contributed by atoms with van der Waals surface area (Å²) in [5.41, 5.74) is 0.467. The summed E-state index contributed by atoms with van der Waals surface area (Å²) in [5, 5.41) is 5.50. The van der Waals surface area contributed by atoms with Crippen molar-refractivity contribution >= 4 is 23.2 Å². The normalized spacial score (nSPS) is 14.1. The number of nitrogens with zero attached hydrogens (tertiary/aromatic N) is 3. The van der Waals surface area contributed by atoms with Crippen LogP contribution in [0.1, 0.15) is 32.5 Å². The summed E-state index contributed by atoms with van der Waals surface area (Å²) in [5.74, 6) is -3.05. The third-order valence-electron chi connectivity index (χ3n) is 3.30. The summed E-state index contributed by atoms with van der Waals surface area (Å²) < 4.78 is 32.6. The van der Waals surface area contributed by atoms with Crippen LogP contribution in [0.4, 0.5) is 26.1 Å². The third kappa shape index (κ3) is 4.59. The highest BCUT2D eigenvalue weighted by Crippen LogP contribution is 2.34. The van der Waals surface area contributed by atoms with Crippen molar-refractivity contribution < 1.29 is 18.3 Å². The van der Waals surface area contributed by atoms with Gasteiger partial charge in [-0.3, -0.25) is 4.79 Å². The number of nitrogens with one attached hydrogen (secondary N) is 2. The van der Waals surface area contributed by atoms with Crippen LogP contribution in [0, 0.1) is 0 Å². The molecular formula is C16H17F2N5O2. The molecule has 132 valence electrons. The topological polar surface area (TPSA) is 89.0 Å². The lowest BCUT2D eigenvalue weighted by atomic mass is 10.3. The molecular weight excluding hydrogens is 332 g/mol. The molecule has 2 heterocycles. The minimum atomic E-state index is -3.15. The molecule has 0 unspecified atom stereocenters. The molecule has 1 aliphatic rings. The van der Waals surface area contributed by atoms with E-state index in [0.29, 0.717) is 17.3 Å². The number of carbonyl (C=O) groups is 1. The molecule has 7 nitrogen and oxygen atoms in total. The summed E-state index contributed by atoms with van der Waals surface area (Å²) in [6.45, 7) is 2.10. The number of halogens is 2. The minimum absolute atomic E-state index is 0.120. The number of carbonyl (C=O) groups excluding carboxylic acids is 1. The Kier molecular flexibility index (Phi) is 4.47. The molecule has 2 N–H and O–H groups in total. The van der Waals surface area contributed by atoms with Crippen LogP contribution in [-0.2, 0) is 10.7 Å². The van der Waals surface area contributed by atoms with E-state index in [9.17, 15) is 13.6 Å². The first-order chi connectivity index (χ1) is 11.8. The maximum Gasteiger partial charge on any atom is 0.303 e. The van der Waals surface area contributed by atoms with Gasteiger partial charge in [-0.2, -0.15) is 8.78 Å². The first kappa shape index (κ1) is 17.0. The molecule has 0 saturated heterocycles. The maximum atomic E-state index is 13.4. The van der Waals surface area contributed by atoms with Gasteiger partial charge in [-0.15, -0.1) is 0 Å². The molecule has 3 rings (SSSR count). The van der Waals surface area contributed by atoms with Gasteiger partial charge in [0.25, 0.3) is 0 Å². The van der Waals surface area contributed by atoms with E-state index in [1.54, 1.807) is 6.07 Å². The maximum absolute atomic E-state index is 13.4. The molecule has 1 amide bonds. The van der Waals surface area contributed by atoms with Gasteiger partial charge >= 0.3 is 5.92 Å². The lowest BCUT2D eigenvalue weighted by Crippen LogP contribution is -2.13. The second-order valence-corrected chi connectivity index (χ2v) is 5.84. The Morgan fingerprint density at radius 3 is 2.72 bits per heavy atom. The van der Waals surface area contributed by atoms with E-state index in [4.69, 9.17) is 4.74 Å². The fraction of sp³-hybridized carbons (Fsp3) is 0.375. The van der Waals surface area contributed by atoms with E-state index in [2.05, 4.69) is 25.6 Å². The van der Waals surface area contributed by atoms with Crippen molar-refractivity contribution in [1.82, 2.24) is 15.0 Å². The van der Waals surface area contributed by atoms with Gasteiger partial charge < -0.3 is 15.4 Å². The highest BCUT2D eigenvalue weighted by molar-refractivity contribution is 5.88. The van der Waals surface area contributed by atoms with Crippen molar-refractivity contribution in [1.29, 1.82) is 0 Å². The van der Waals surface area contributed by atoms with Gasteiger partial charge in [-0.05, 0) is 18.9 Å². The Bertz CT molecular complexity index is 790. The minimum Gasteiger partial charge on any atom is -0.487 e. The number of rotatable bonds is 6. The lowest BCUT2D eigenvalue weighted by Gasteiger charge is -2.15. The van der Waals surface area contributed by atoms with Gasteiger partial charge in [-0.25, -0.2) is 15.0 Å². The van der Waals surface area contributed by atoms with E-state index in [1.807, 2.05) is 0 Å². The fourth-order valence-corrected chi connectivity index (χ4v) is 2.03. The fourth-order valence-electron chi connectivity index (χ4n) is 2.03. The molecule has 0 bridgehead atoms. The Morgan fingerprint density at radius 2 is 2.08 bits per heavy atom. The zero-order valence-corrected chi connectivity index (χ0v) is 13.7. The molecule has 9 heteroatoms. The number of anilines is 3. The van der Waals surface area contributed by atoms with Crippen LogP contribution >= 0.6 is 0 Å². The molecule has 1 fully saturated rings. The Labute approximate surface area is 142 Å². The monoisotopic (exact) mass is 349 g/mol. The molecule has 1 saturated carbocycles. The average Bonchev–Trinajstić information content (AvgIpc) is 3.33. The highest BCUT2D eigenvalue weighted by atomic mass is 19.3. The number of alkyl halides is 2. The molecule has 0 atom stereocenters. The van der Waals surface area contributed by atoms with Crippen molar-refractivity contribution in [3.63, 3.8) is 0 Å². The number of amides is 1. The van der Waals surface area contributed by atoms with Crippen molar-refractivity contribution in [2.45, 2.75) is 38.7 Å². The average molecular weight is 349 g/mol. The molecule has 1 aliphatic carbocycles. The highest BCUT2D eigenvalue weighted by Gasteiger charge is 2.28. The number of aromatic nitrogens is 3. The summed E-state index contributed by atoms with van der Waals surface area (Å²) in [6.07, 6.45) is 4.75. The van der Waals surface area contributed by atoms with Crippen LogP contribution in [0.3, 0.4) is 0 Å². The van der Waals surface area contributed by atoms with Crippen molar-refractivity contribution in [2.75, 3.05) is 10.6 Å². The molecule has 0 spiro atoms. The van der Waals surface area contributed by atoms with Crippen molar-refractivity contribution in [2.24, 2.45) is 0 Å². The molecule has 0 aliphatic heterocycles. The number of hydrogen-bond donors (Lipinski definition) is 2. The zero-order valence-electron chi connectivity index (χ0n) is 13.7. The van der Waals surface area contributed by atoms with Gasteiger partial charge in [0, 0.05) is 26.1 Å². The first-order valence-corrected chi connectivity index (χ1v) is 7.74. The van der Waals surface area contributed by atoms with E-state index < -0.39 is 11.7 Å². The predicted molar refractivity (Wildman–Crippen MR) is 87.1 cm³/mol. The quantitative estimate of drug-likeness (QED) is 0.832. The van der Waals surface area contributed by atoms with E-state index in [-0.39, 0.29) is 17.8 Å².